The van der Waals surface area contributed by atoms with E-state index < -0.39 is 0 Å². The Hall–Kier alpha value is -2.76. The maximum atomic E-state index is 4.69. The lowest BCUT2D eigenvalue weighted by Gasteiger charge is -2.24. The molecular formula is C21H26N6. The number of anilines is 1. The van der Waals surface area contributed by atoms with Crippen LogP contribution in [0.3, 0.4) is 0 Å². The molecule has 0 fully saturated rings. The summed E-state index contributed by atoms with van der Waals surface area (Å²) in [5.74, 6) is 0.623. The lowest BCUT2D eigenvalue weighted by molar-refractivity contribution is 0.553. The number of aryl methyl sites for hydroxylation is 2. The lowest BCUT2D eigenvalue weighted by Crippen LogP contribution is -2.20. The van der Waals surface area contributed by atoms with Gasteiger partial charge in [-0.2, -0.15) is 10.2 Å². The fraction of sp³-hybridized carbons (Fsp3) is 0.429. The number of aromatic nitrogens is 5. The van der Waals surface area contributed by atoms with Crippen molar-refractivity contribution in [3.8, 4) is 0 Å². The Labute approximate surface area is 160 Å². The van der Waals surface area contributed by atoms with Gasteiger partial charge in [0.1, 0.15) is 0 Å². The monoisotopic (exact) mass is 362 g/mol. The maximum Gasteiger partial charge on any atom is 0.243 e. The van der Waals surface area contributed by atoms with Gasteiger partial charge in [0, 0.05) is 11.3 Å². The first-order valence-corrected chi connectivity index (χ1v) is 9.86. The molecule has 4 rings (SSSR count). The summed E-state index contributed by atoms with van der Waals surface area (Å²) in [5.41, 5.74) is 5.87. The molecule has 1 atom stereocenters. The second-order valence-electron chi connectivity index (χ2n) is 7.01. The van der Waals surface area contributed by atoms with Gasteiger partial charge in [-0.15, -0.1) is 5.10 Å². The van der Waals surface area contributed by atoms with Crippen LogP contribution in [-0.2, 0) is 25.8 Å². The third-order valence-electron chi connectivity index (χ3n) is 5.25. The summed E-state index contributed by atoms with van der Waals surface area (Å²) in [5, 5.41) is 16.8. The zero-order chi connectivity index (χ0) is 18.6. The smallest absolute Gasteiger partial charge is 0.243 e. The van der Waals surface area contributed by atoms with Crippen molar-refractivity contribution in [2.24, 2.45) is 0 Å². The second kappa shape index (κ2) is 7.86. The highest BCUT2D eigenvalue weighted by Gasteiger charge is 2.25. The van der Waals surface area contributed by atoms with Crippen LogP contribution in [0.5, 0.6) is 0 Å². The lowest BCUT2D eigenvalue weighted by atomic mass is 9.93. The molecule has 0 aliphatic heterocycles. The van der Waals surface area contributed by atoms with Crippen molar-refractivity contribution in [1.29, 1.82) is 0 Å². The van der Waals surface area contributed by atoms with Gasteiger partial charge < -0.3 is 5.32 Å². The summed E-state index contributed by atoms with van der Waals surface area (Å²) in [7, 11) is 0. The number of hydrogen-bond acceptors (Lipinski definition) is 5. The van der Waals surface area contributed by atoms with Crippen molar-refractivity contribution < 1.29 is 0 Å². The Balaban J connectivity index is 1.55. The van der Waals surface area contributed by atoms with Crippen LogP contribution in [0.25, 0.3) is 0 Å². The first kappa shape index (κ1) is 17.6. The Morgan fingerprint density at radius 1 is 1.07 bits per heavy atom. The number of nitrogens with one attached hydrogen (secondary N) is 1. The molecule has 0 bridgehead atoms. The van der Waals surface area contributed by atoms with Crippen molar-refractivity contribution in [3.05, 3.63) is 64.7 Å². The number of rotatable bonds is 6. The van der Waals surface area contributed by atoms with Gasteiger partial charge in [0.15, 0.2) is 0 Å². The number of nitrogens with zero attached hydrogens (tertiary/aromatic N) is 5. The summed E-state index contributed by atoms with van der Waals surface area (Å²) >= 11 is 0. The number of benzene rings is 1. The fourth-order valence-corrected chi connectivity index (χ4v) is 3.82. The molecule has 3 aromatic rings. The molecule has 6 heteroatoms. The predicted octanol–water partition coefficient (Wildman–Crippen LogP) is 3.73. The van der Waals surface area contributed by atoms with Crippen LogP contribution in [0.2, 0.25) is 0 Å². The minimum atomic E-state index is 0.192. The minimum Gasteiger partial charge on any atom is -0.346 e. The van der Waals surface area contributed by atoms with E-state index in [1.54, 1.807) is 0 Å². The zero-order valence-corrected chi connectivity index (χ0v) is 16.0. The van der Waals surface area contributed by atoms with E-state index in [9.17, 15) is 0 Å². The average Bonchev–Trinajstić information content (AvgIpc) is 3.12. The summed E-state index contributed by atoms with van der Waals surface area (Å²) in [4.78, 5) is 4.69. The number of hydrogen-bond donors (Lipinski definition) is 1. The fourth-order valence-electron chi connectivity index (χ4n) is 3.82. The topological polar surface area (TPSA) is 68.5 Å². The van der Waals surface area contributed by atoms with Gasteiger partial charge in [-0.3, -0.25) is 4.68 Å². The van der Waals surface area contributed by atoms with Crippen LogP contribution < -0.4 is 5.32 Å². The van der Waals surface area contributed by atoms with Crippen LogP contribution in [0, 0.1) is 0 Å². The Morgan fingerprint density at radius 3 is 2.67 bits per heavy atom. The molecule has 0 radical (unpaired) electrons. The van der Waals surface area contributed by atoms with Crippen LogP contribution in [-0.4, -0.2) is 25.0 Å². The normalized spacial score (nSPS) is 16.1. The molecule has 1 aliphatic rings. The summed E-state index contributed by atoms with van der Waals surface area (Å²) in [6, 6.07) is 10.7. The molecule has 1 aliphatic carbocycles. The van der Waals surface area contributed by atoms with Crippen molar-refractivity contribution in [3.63, 3.8) is 0 Å². The minimum absolute atomic E-state index is 0.192. The Kier molecular flexibility index (Phi) is 5.14. The van der Waals surface area contributed by atoms with Gasteiger partial charge in [0.05, 0.1) is 30.2 Å². The summed E-state index contributed by atoms with van der Waals surface area (Å²) < 4.78 is 2.13. The molecule has 2 aromatic heterocycles. The molecule has 2 heterocycles. The standard InChI is InChI=1S/C21H26N6/c1-3-17-18(4-2)25-26-21(23-17)24-19-11-8-12-20-16(19)13-22-27(20)14-15-9-6-5-7-10-15/h5-7,9-10,13,19H,3-4,8,11-12,14H2,1-2H3,(H,23,24,26). The van der Waals surface area contributed by atoms with Gasteiger partial charge in [0.2, 0.25) is 5.95 Å². The highest BCUT2D eigenvalue weighted by molar-refractivity contribution is 5.35. The van der Waals surface area contributed by atoms with Gasteiger partial charge in [-0.25, -0.2) is 4.98 Å². The molecule has 27 heavy (non-hydrogen) atoms. The van der Waals surface area contributed by atoms with E-state index in [0.717, 1.165) is 50.0 Å². The molecule has 0 saturated carbocycles. The maximum absolute atomic E-state index is 4.69. The largest absolute Gasteiger partial charge is 0.346 e. The SMILES string of the molecule is CCc1nnc(NC2CCCc3c2cnn3Cc2ccccc2)nc1CC. The molecule has 0 amide bonds. The summed E-state index contributed by atoms with van der Waals surface area (Å²) in [6.07, 6.45) is 7.00. The van der Waals surface area contributed by atoms with Crippen molar-refractivity contribution >= 4 is 5.95 Å². The van der Waals surface area contributed by atoms with Gasteiger partial charge in [-0.05, 0) is 37.7 Å². The Morgan fingerprint density at radius 2 is 1.89 bits per heavy atom. The molecular weight excluding hydrogens is 336 g/mol. The first-order valence-electron chi connectivity index (χ1n) is 9.86. The Bertz CT molecular complexity index is 902. The van der Waals surface area contributed by atoms with E-state index in [-0.39, 0.29) is 6.04 Å². The van der Waals surface area contributed by atoms with Gasteiger partial charge in [0.25, 0.3) is 0 Å². The third kappa shape index (κ3) is 3.70. The van der Waals surface area contributed by atoms with E-state index in [2.05, 4.69) is 63.4 Å². The van der Waals surface area contributed by atoms with Crippen LogP contribution in [0.4, 0.5) is 5.95 Å². The van der Waals surface area contributed by atoms with Gasteiger partial charge in [-0.1, -0.05) is 44.2 Å². The second-order valence-corrected chi connectivity index (χ2v) is 7.01. The molecule has 0 saturated heterocycles. The van der Waals surface area contributed by atoms with E-state index in [1.165, 1.54) is 16.8 Å². The highest BCUT2D eigenvalue weighted by atomic mass is 15.3. The van der Waals surface area contributed by atoms with Crippen molar-refractivity contribution in [2.45, 2.75) is 58.5 Å². The summed E-state index contributed by atoms with van der Waals surface area (Å²) in [6.45, 7) is 5.01. The van der Waals surface area contributed by atoms with E-state index in [1.807, 2.05) is 12.3 Å². The van der Waals surface area contributed by atoms with Crippen molar-refractivity contribution in [2.75, 3.05) is 5.32 Å². The van der Waals surface area contributed by atoms with E-state index in [4.69, 9.17) is 4.98 Å². The highest BCUT2D eigenvalue weighted by Crippen LogP contribution is 2.32. The molecule has 140 valence electrons. The molecule has 1 unspecified atom stereocenters. The number of fused-ring (bicyclic) bond motifs is 1. The molecule has 6 nitrogen and oxygen atoms in total. The molecule has 1 aromatic carbocycles. The van der Waals surface area contributed by atoms with Crippen molar-refractivity contribution in [1.82, 2.24) is 25.0 Å². The van der Waals surface area contributed by atoms with Crippen LogP contribution >= 0.6 is 0 Å². The van der Waals surface area contributed by atoms with Crippen LogP contribution in [0.1, 0.15) is 60.9 Å². The van der Waals surface area contributed by atoms with Gasteiger partial charge >= 0.3 is 0 Å². The molecule has 0 spiro atoms. The quantitative estimate of drug-likeness (QED) is 0.723. The van der Waals surface area contributed by atoms with Crippen LogP contribution in [0.15, 0.2) is 36.5 Å². The molecule has 1 N–H and O–H groups in total. The average molecular weight is 362 g/mol. The predicted molar refractivity (Wildman–Crippen MR) is 106 cm³/mol. The van der Waals surface area contributed by atoms with E-state index >= 15 is 0 Å². The first-order chi connectivity index (χ1) is 13.3. The third-order valence-corrected chi connectivity index (χ3v) is 5.25. The zero-order valence-electron chi connectivity index (χ0n) is 16.0. The van der Waals surface area contributed by atoms with E-state index in [0.29, 0.717) is 5.95 Å².